The molecule has 0 aliphatic heterocycles. The fraction of sp³-hybridized carbons (Fsp3) is 0.545. The Labute approximate surface area is 101 Å². The molecule has 1 aromatic rings. The zero-order chi connectivity index (χ0) is 13.3. The van der Waals surface area contributed by atoms with Gasteiger partial charge in [0.2, 0.25) is 5.09 Å². The van der Waals surface area contributed by atoms with Crippen molar-refractivity contribution in [2.24, 2.45) is 5.41 Å². The second-order valence-electron chi connectivity index (χ2n) is 5.10. The molecule has 1 heterocycles. The molecule has 0 fully saturated rings. The van der Waals surface area contributed by atoms with Crippen molar-refractivity contribution in [2.45, 2.75) is 25.9 Å². The summed E-state index contributed by atoms with van der Waals surface area (Å²) in [7, 11) is -2.16. The standard InChI is InChI=1S/C11H17NO4S/c1-11(2,3)8-12(4)17(14,15)10-6-5-9(7-13)16-10/h5-7H,8H2,1-4H3. The number of rotatable bonds is 4. The molecule has 1 rings (SSSR count). The lowest BCUT2D eigenvalue weighted by molar-refractivity contribution is 0.109. The zero-order valence-corrected chi connectivity index (χ0v) is 11.2. The molecule has 0 spiro atoms. The van der Waals surface area contributed by atoms with Gasteiger partial charge in [0.1, 0.15) is 0 Å². The molecule has 0 amide bonds. The predicted octanol–water partition coefficient (Wildman–Crippen LogP) is 1.76. The van der Waals surface area contributed by atoms with Crippen LogP contribution in [0, 0.1) is 5.41 Å². The number of hydrogen-bond acceptors (Lipinski definition) is 4. The average molecular weight is 259 g/mol. The van der Waals surface area contributed by atoms with E-state index < -0.39 is 10.0 Å². The Bertz CT molecular complexity index is 496. The second-order valence-corrected chi connectivity index (χ2v) is 7.07. The van der Waals surface area contributed by atoms with E-state index in [0.29, 0.717) is 12.8 Å². The van der Waals surface area contributed by atoms with E-state index in [9.17, 15) is 13.2 Å². The highest BCUT2D eigenvalue weighted by Crippen LogP contribution is 2.21. The van der Waals surface area contributed by atoms with Crippen LogP contribution < -0.4 is 0 Å². The van der Waals surface area contributed by atoms with Gasteiger partial charge in [0.15, 0.2) is 12.0 Å². The van der Waals surface area contributed by atoms with Gasteiger partial charge in [-0.25, -0.2) is 8.42 Å². The van der Waals surface area contributed by atoms with Gasteiger partial charge in [-0.1, -0.05) is 20.8 Å². The number of aldehydes is 1. The fourth-order valence-electron chi connectivity index (χ4n) is 1.44. The van der Waals surface area contributed by atoms with E-state index >= 15 is 0 Å². The lowest BCUT2D eigenvalue weighted by atomic mass is 9.97. The van der Waals surface area contributed by atoms with Crippen molar-refractivity contribution in [2.75, 3.05) is 13.6 Å². The van der Waals surface area contributed by atoms with Crippen LogP contribution in [-0.2, 0) is 10.0 Å². The quantitative estimate of drug-likeness (QED) is 0.773. The van der Waals surface area contributed by atoms with E-state index in [0.717, 1.165) is 0 Å². The van der Waals surface area contributed by atoms with Crippen LogP contribution in [0.5, 0.6) is 0 Å². The summed E-state index contributed by atoms with van der Waals surface area (Å²) < 4.78 is 30.3. The molecule has 0 atom stereocenters. The van der Waals surface area contributed by atoms with Gasteiger partial charge in [-0.3, -0.25) is 4.79 Å². The molecule has 6 heteroatoms. The van der Waals surface area contributed by atoms with Crippen molar-refractivity contribution in [3.05, 3.63) is 17.9 Å². The van der Waals surface area contributed by atoms with Gasteiger partial charge < -0.3 is 4.42 Å². The van der Waals surface area contributed by atoms with Crippen LogP contribution in [0.1, 0.15) is 31.3 Å². The van der Waals surface area contributed by atoms with Gasteiger partial charge in [0.25, 0.3) is 10.0 Å². The van der Waals surface area contributed by atoms with Gasteiger partial charge >= 0.3 is 0 Å². The first-order valence-electron chi connectivity index (χ1n) is 5.18. The number of furan rings is 1. The molecule has 0 aliphatic rings. The summed E-state index contributed by atoms with van der Waals surface area (Å²) in [5.74, 6) is 0.00716. The molecule has 0 bridgehead atoms. The molecule has 0 unspecified atom stereocenters. The molecule has 0 N–H and O–H groups in total. The lowest BCUT2D eigenvalue weighted by Gasteiger charge is -2.25. The van der Waals surface area contributed by atoms with Crippen molar-refractivity contribution >= 4 is 16.3 Å². The Morgan fingerprint density at radius 2 is 1.94 bits per heavy atom. The van der Waals surface area contributed by atoms with Crippen LogP contribution in [0.3, 0.4) is 0 Å². The summed E-state index contributed by atoms with van der Waals surface area (Å²) in [5.41, 5.74) is -0.151. The minimum absolute atomic E-state index is 0.00716. The first-order chi connectivity index (χ1) is 7.66. The summed E-state index contributed by atoms with van der Waals surface area (Å²) in [4.78, 5) is 10.4. The molecule has 1 aromatic heterocycles. The topological polar surface area (TPSA) is 67.6 Å². The van der Waals surface area contributed by atoms with Crippen molar-refractivity contribution in [1.82, 2.24) is 4.31 Å². The Morgan fingerprint density at radius 1 is 1.35 bits per heavy atom. The molecular formula is C11H17NO4S. The van der Waals surface area contributed by atoms with Crippen LogP contribution in [-0.4, -0.2) is 32.6 Å². The third kappa shape index (κ3) is 3.41. The number of sulfonamides is 1. The second kappa shape index (κ2) is 4.62. The van der Waals surface area contributed by atoms with Crippen LogP contribution in [0.2, 0.25) is 0 Å². The Hall–Kier alpha value is -1.14. The van der Waals surface area contributed by atoms with E-state index in [1.807, 2.05) is 20.8 Å². The summed E-state index contributed by atoms with van der Waals surface area (Å²) in [6, 6.07) is 2.63. The smallest absolute Gasteiger partial charge is 0.276 e. The number of nitrogens with zero attached hydrogens (tertiary/aromatic N) is 1. The maximum atomic E-state index is 12.1. The highest BCUT2D eigenvalue weighted by Gasteiger charge is 2.27. The number of carbonyl (C=O) groups excluding carboxylic acids is 1. The molecule has 0 saturated heterocycles. The van der Waals surface area contributed by atoms with Crippen LogP contribution in [0.25, 0.3) is 0 Å². The van der Waals surface area contributed by atoms with Crippen LogP contribution in [0.15, 0.2) is 21.6 Å². The fourth-order valence-corrected chi connectivity index (χ4v) is 2.75. The van der Waals surface area contributed by atoms with Gasteiger partial charge in [-0.05, 0) is 17.5 Å². The third-order valence-corrected chi connectivity index (χ3v) is 3.76. The molecule has 96 valence electrons. The maximum Gasteiger partial charge on any atom is 0.276 e. The normalized spacial score (nSPS) is 13.0. The summed E-state index contributed by atoms with van der Waals surface area (Å²) >= 11 is 0. The van der Waals surface area contributed by atoms with Crippen LogP contribution in [0.4, 0.5) is 0 Å². The minimum atomic E-state index is -3.65. The summed E-state index contributed by atoms with van der Waals surface area (Å²) in [6.07, 6.45) is 0.475. The zero-order valence-electron chi connectivity index (χ0n) is 10.4. The molecule has 0 radical (unpaired) electrons. The van der Waals surface area contributed by atoms with Gasteiger partial charge in [0.05, 0.1) is 0 Å². The highest BCUT2D eigenvalue weighted by atomic mass is 32.2. The van der Waals surface area contributed by atoms with E-state index in [1.165, 1.54) is 23.5 Å². The van der Waals surface area contributed by atoms with E-state index in [2.05, 4.69) is 0 Å². The average Bonchev–Trinajstić information content (AvgIpc) is 2.63. The van der Waals surface area contributed by atoms with Crippen molar-refractivity contribution < 1.29 is 17.6 Å². The van der Waals surface area contributed by atoms with Gasteiger partial charge in [0, 0.05) is 13.6 Å². The summed E-state index contributed by atoms with van der Waals surface area (Å²) in [6.45, 7) is 6.19. The molecule has 0 aromatic carbocycles. The monoisotopic (exact) mass is 259 g/mol. The Morgan fingerprint density at radius 3 is 2.35 bits per heavy atom. The Balaban J connectivity index is 2.99. The van der Waals surface area contributed by atoms with Crippen molar-refractivity contribution in [3.8, 4) is 0 Å². The third-order valence-electron chi connectivity index (χ3n) is 2.08. The van der Waals surface area contributed by atoms with Gasteiger partial charge in [-0.15, -0.1) is 0 Å². The minimum Gasteiger partial charge on any atom is -0.440 e. The first kappa shape index (κ1) is 13.9. The number of hydrogen-bond donors (Lipinski definition) is 0. The Kier molecular flexibility index (Phi) is 3.78. The molecule has 5 nitrogen and oxygen atoms in total. The van der Waals surface area contributed by atoms with Crippen molar-refractivity contribution in [3.63, 3.8) is 0 Å². The van der Waals surface area contributed by atoms with E-state index in [1.54, 1.807) is 0 Å². The molecule has 0 saturated carbocycles. The largest absolute Gasteiger partial charge is 0.440 e. The highest BCUT2D eigenvalue weighted by molar-refractivity contribution is 7.89. The molecule has 0 aliphatic carbocycles. The SMILES string of the molecule is CN(CC(C)(C)C)S(=O)(=O)c1ccc(C=O)o1. The lowest BCUT2D eigenvalue weighted by Crippen LogP contribution is -2.34. The summed E-state index contributed by atoms with van der Waals surface area (Å²) in [5, 5.41) is -0.202. The molecular weight excluding hydrogens is 242 g/mol. The van der Waals surface area contributed by atoms with E-state index in [-0.39, 0.29) is 16.3 Å². The maximum absolute atomic E-state index is 12.1. The van der Waals surface area contributed by atoms with Gasteiger partial charge in [-0.2, -0.15) is 4.31 Å². The van der Waals surface area contributed by atoms with Crippen LogP contribution >= 0.6 is 0 Å². The molecule has 17 heavy (non-hydrogen) atoms. The van der Waals surface area contributed by atoms with E-state index in [4.69, 9.17) is 4.42 Å². The predicted molar refractivity (Wildman–Crippen MR) is 63.4 cm³/mol. The number of carbonyl (C=O) groups is 1. The van der Waals surface area contributed by atoms with Crippen molar-refractivity contribution in [1.29, 1.82) is 0 Å². The first-order valence-corrected chi connectivity index (χ1v) is 6.62.